The topological polar surface area (TPSA) is 145 Å². The molecule has 0 saturated carbocycles. The maximum Gasteiger partial charge on any atom is 0.339 e. The number of carboxylic acids is 1. The van der Waals surface area contributed by atoms with Gasteiger partial charge in [0.2, 0.25) is 5.95 Å². The molecule has 166 valence electrons. The summed E-state index contributed by atoms with van der Waals surface area (Å²) in [5, 5.41) is 43.9. The number of aliphatic hydroxyl groups excluding tert-OH is 1. The Morgan fingerprint density at radius 1 is 1.16 bits per heavy atom. The lowest BCUT2D eigenvalue weighted by molar-refractivity contribution is 0.0693. The van der Waals surface area contributed by atoms with Crippen molar-refractivity contribution in [2.24, 2.45) is 0 Å². The van der Waals surface area contributed by atoms with Crippen LogP contribution in [0.4, 0.5) is 17.5 Å². The number of carbonyl (C=O) groups is 1. The Morgan fingerprint density at radius 2 is 1.87 bits per heavy atom. The van der Waals surface area contributed by atoms with E-state index in [0.29, 0.717) is 29.7 Å². The van der Waals surface area contributed by atoms with Gasteiger partial charge in [0.25, 0.3) is 0 Å². The van der Waals surface area contributed by atoms with Gasteiger partial charge in [0, 0.05) is 18.3 Å². The molecule has 2 aliphatic heterocycles. The number of nitrogens with one attached hydrogen (secondary N) is 2. The fraction of sp³-hybridized carbons (Fsp3) is 0.429. The van der Waals surface area contributed by atoms with Crippen LogP contribution in [0.5, 0.6) is 5.75 Å². The van der Waals surface area contributed by atoms with Crippen molar-refractivity contribution in [1.82, 2.24) is 19.7 Å². The number of aromatic carboxylic acids is 1. The van der Waals surface area contributed by atoms with Crippen molar-refractivity contribution in [1.29, 1.82) is 0 Å². The first-order valence-corrected chi connectivity index (χ1v) is 10.1. The van der Waals surface area contributed by atoms with Crippen molar-refractivity contribution in [2.45, 2.75) is 52.7 Å². The van der Waals surface area contributed by atoms with Gasteiger partial charge in [-0.2, -0.15) is 10.1 Å². The van der Waals surface area contributed by atoms with Crippen molar-refractivity contribution in [2.75, 3.05) is 17.2 Å². The van der Waals surface area contributed by atoms with E-state index in [1.165, 1.54) is 12.1 Å². The van der Waals surface area contributed by atoms with E-state index in [9.17, 15) is 20.1 Å². The molecule has 1 aromatic rings. The van der Waals surface area contributed by atoms with E-state index in [4.69, 9.17) is 0 Å². The zero-order valence-corrected chi connectivity index (χ0v) is 18.2. The molecule has 1 unspecified atom stereocenters. The average molecular weight is 428 g/mol. The van der Waals surface area contributed by atoms with Crippen LogP contribution >= 0.6 is 0 Å². The van der Waals surface area contributed by atoms with Crippen LogP contribution in [0.3, 0.4) is 0 Å². The quantitative estimate of drug-likeness (QED) is 0.341. The van der Waals surface area contributed by atoms with E-state index in [1.54, 1.807) is 13.0 Å². The third-order valence-corrected chi connectivity index (χ3v) is 4.74. The zero-order valence-electron chi connectivity index (χ0n) is 18.2. The number of nitrogens with zero attached hydrogens (tertiary/aromatic N) is 4. The van der Waals surface area contributed by atoms with Crippen LogP contribution in [-0.2, 0) is 0 Å². The molecule has 10 heteroatoms. The molecule has 0 saturated heterocycles. The largest absolute Gasteiger partial charge is 0.507 e. The fourth-order valence-corrected chi connectivity index (χ4v) is 3.30. The van der Waals surface area contributed by atoms with Crippen LogP contribution in [-0.4, -0.2) is 53.7 Å². The molecule has 2 heterocycles. The van der Waals surface area contributed by atoms with Gasteiger partial charge < -0.3 is 30.5 Å². The number of carboxylic acid groups (broad SMARTS) is 1. The number of anilines is 3. The molecular weight excluding hydrogens is 400 g/mol. The fourth-order valence-electron chi connectivity index (χ4n) is 3.30. The zero-order chi connectivity index (χ0) is 22.9. The predicted octanol–water partition coefficient (Wildman–Crippen LogP) is 3.42. The maximum absolute atomic E-state index is 11.4. The monoisotopic (exact) mass is 428 g/mol. The Bertz CT molecular complexity index is 1060. The van der Waals surface area contributed by atoms with Crippen LogP contribution in [0, 0.1) is 0 Å². The van der Waals surface area contributed by atoms with E-state index < -0.39 is 12.1 Å². The molecule has 10 nitrogen and oxygen atoms in total. The summed E-state index contributed by atoms with van der Waals surface area (Å²) in [5.74, 6) is -0.529. The average Bonchev–Trinajstić information content (AvgIpc) is 3.12. The Balaban J connectivity index is 2.17. The third-order valence-electron chi connectivity index (χ3n) is 4.74. The molecule has 0 aliphatic carbocycles. The summed E-state index contributed by atoms with van der Waals surface area (Å²) in [6.07, 6.45) is -0.578. The molecule has 31 heavy (non-hydrogen) atoms. The SMILES string of the molecule is CC(O)CNc1nc(Nc2ccc(O)c(C(=O)O)c2)c2nnc(C(C)C)c-2n1C(C)C. The van der Waals surface area contributed by atoms with Gasteiger partial charge in [-0.3, -0.25) is 0 Å². The van der Waals surface area contributed by atoms with Gasteiger partial charge in [-0.1, -0.05) is 13.8 Å². The van der Waals surface area contributed by atoms with Gasteiger partial charge in [0.1, 0.15) is 11.3 Å². The standard InChI is InChI=1S/C21H28N6O4/c1-10(2)16-18-17(26-25-16)19(23-13-6-7-15(29)14(8-13)20(30)31)24-21(22-9-12(5)28)27(18)11(3)4/h6-8,10-12,23,28-29H,9H2,1-5H3,(H,22,24)(H,30,31). The first kappa shape index (κ1) is 22.3. The van der Waals surface area contributed by atoms with Crippen molar-refractivity contribution in [3.05, 3.63) is 29.5 Å². The van der Waals surface area contributed by atoms with E-state index in [0.717, 1.165) is 11.4 Å². The number of aromatic hydroxyl groups is 1. The minimum Gasteiger partial charge on any atom is -0.507 e. The Morgan fingerprint density at radius 3 is 2.45 bits per heavy atom. The first-order valence-electron chi connectivity index (χ1n) is 10.1. The second-order valence-electron chi connectivity index (χ2n) is 8.08. The van der Waals surface area contributed by atoms with Crippen molar-refractivity contribution < 1.29 is 20.1 Å². The molecule has 1 aromatic carbocycles. The number of hydrogen-bond donors (Lipinski definition) is 5. The summed E-state index contributed by atoms with van der Waals surface area (Å²) < 4.78 is 2.00. The summed E-state index contributed by atoms with van der Waals surface area (Å²) in [5.41, 5.74) is 2.38. The highest BCUT2D eigenvalue weighted by atomic mass is 16.4. The lowest BCUT2D eigenvalue weighted by atomic mass is 10.1. The van der Waals surface area contributed by atoms with Crippen molar-refractivity contribution in [3.63, 3.8) is 0 Å². The first-order chi connectivity index (χ1) is 14.6. The third kappa shape index (κ3) is 4.53. The minimum absolute atomic E-state index is 0.0383. The highest BCUT2D eigenvalue weighted by molar-refractivity contribution is 5.92. The van der Waals surface area contributed by atoms with E-state index in [2.05, 4.69) is 25.8 Å². The molecular formula is C21H28N6O4. The number of aromatic nitrogens is 4. The molecule has 1 atom stereocenters. The maximum atomic E-state index is 11.4. The number of rotatable bonds is 8. The number of fused-ring (bicyclic) bond motifs is 1. The summed E-state index contributed by atoms with van der Waals surface area (Å²) >= 11 is 0. The second-order valence-corrected chi connectivity index (χ2v) is 8.08. The van der Waals surface area contributed by atoms with Gasteiger partial charge in [-0.05, 0) is 44.9 Å². The second kappa shape index (κ2) is 8.76. The summed E-state index contributed by atoms with van der Waals surface area (Å²) in [6.45, 7) is 10.1. The Kier molecular flexibility index (Phi) is 6.30. The highest BCUT2D eigenvalue weighted by Crippen LogP contribution is 2.38. The van der Waals surface area contributed by atoms with Crippen LogP contribution < -0.4 is 10.6 Å². The lowest BCUT2D eigenvalue weighted by Gasteiger charge is -2.24. The smallest absolute Gasteiger partial charge is 0.339 e. The molecule has 0 amide bonds. The van der Waals surface area contributed by atoms with E-state index >= 15 is 0 Å². The van der Waals surface area contributed by atoms with Crippen molar-refractivity contribution >= 4 is 23.4 Å². The number of phenols is 1. The minimum atomic E-state index is -1.24. The lowest BCUT2D eigenvalue weighted by Crippen LogP contribution is -2.22. The molecule has 0 radical (unpaired) electrons. The number of hydrogen-bond acceptors (Lipinski definition) is 8. The van der Waals surface area contributed by atoms with Crippen LogP contribution in [0.15, 0.2) is 18.2 Å². The molecule has 2 aliphatic rings. The summed E-state index contributed by atoms with van der Waals surface area (Å²) in [7, 11) is 0. The molecule has 0 spiro atoms. The van der Waals surface area contributed by atoms with Crippen LogP contribution in [0.25, 0.3) is 11.4 Å². The molecule has 3 rings (SSSR count). The summed E-state index contributed by atoms with van der Waals surface area (Å²) in [4.78, 5) is 16.1. The van der Waals surface area contributed by atoms with Gasteiger partial charge in [-0.15, -0.1) is 5.10 Å². The molecule has 5 N–H and O–H groups in total. The van der Waals surface area contributed by atoms with Crippen LogP contribution in [0.1, 0.15) is 62.6 Å². The number of benzene rings is 1. The Labute approximate surface area is 180 Å². The van der Waals surface area contributed by atoms with Gasteiger partial charge in [0.15, 0.2) is 11.5 Å². The normalized spacial score (nSPS) is 12.5. The van der Waals surface area contributed by atoms with Gasteiger partial charge in [0.05, 0.1) is 17.5 Å². The van der Waals surface area contributed by atoms with Crippen molar-refractivity contribution in [3.8, 4) is 17.1 Å². The van der Waals surface area contributed by atoms with Crippen LogP contribution in [0.2, 0.25) is 0 Å². The Hall–Kier alpha value is -3.40. The van der Waals surface area contributed by atoms with Gasteiger partial charge >= 0.3 is 5.97 Å². The number of aliphatic hydroxyl groups is 1. The molecule has 0 fully saturated rings. The van der Waals surface area contributed by atoms with E-state index in [-0.39, 0.29) is 23.3 Å². The van der Waals surface area contributed by atoms with E-state index in [1.807, 2.05) is 32.3 Å². The molecule has 0 bridgehead atoms. The highest BCUT2D eigenvalue weighted by Gasteiger charge is 2.28. The van der Waals surface area contributed by atoms with Gasteiger partial charge in [-0.25, -0.2) is 4.79 Å². The predicted molar refractivity (Wildman–Crippen MR) is 117 cm³/mol. The summed E-state index contributed by atoms with van der Waals surface area (Å²) in [6, 6.07) is 4.23. The molecule has 0 aromatic heterocycles.